The van der Waals surface area contributed by atoms with Crippen molar-refractivity contribution in [3.63, 3.8) is 0 Å². The first-order valence-corrected chi connectivity index (χ1v) is 8.38. The Hall–Kier alpha value is -1.63. The molecule has 1 nitrogen and oxygen atoms in total. The number of fused-ring (bicyclic) bond motifs is 3. The molecule has 0 unspecified atom stereocenters. The van der Waals surface area contributed by atoms with Crippen molar-refractivity contribution in [2.24, 2.45) is 0 Å². The Balaban J connectivity index is 2.32. The van der Waals surface area contributed by atoms with Gasteiger partial charge in [0.05, 0.1) is 5.52 Å². The monoisotopic (exact) mass is 279 g/mol. The molecule has 0 N–H and O–H groups in total. The van der Waals surface area contributed by atoms with Crippen LogP contribution < -0.4 is 0 Å². The zero-order valence-electron chi connectivity index (χ0n) is 13.7. The van der Waals surface area contributed by atoms with Gasteiger partial charge in [0.15, 0.2) is 0 Å². The van der Waals surface area contributed by atoms with Gasteiger partial charge in [-0.3, -0.25) is 4.98 Å². The van der Waals surface area contributed by atoms with Crippen molar-refractivity contribution < 1.29 is 0 Å². The lowest BCUT2D eigenvalue weighted by Crippen LogP contribution is -1.99. The van der Waals surface area contributed by atoms with E-state index in [1.54, 1.807) is 16.7 Å². The highest BCUT2D eigenvalue weighted by atomic mass is 14.7. The first kappa shape index (κ1) is 14.3. The maximum Gasteiger partial charge on any atom is 0.0708 e. The molecular formula is C20H25N. The molecule has 0 aliphatic heterocycles. The number of hydrogen-bond acceptors (Lipinski definition) is 1. The lowest BCUT2D eigenvalue weighted by Gasteiger charge is -2.13. The van der Waals surface area contributed by atoms with Gasteiger partial charge < -0.3 is 0 Å². The van der Waals surface area contributed by atoms with Gasteiger partial charge in [-0.1, -0.05) is 39.3 Å². The second-order valence-corrected chi connectivity index (χ2v) is 5.94. The van der Waals surface area contributed by atoms with E-state index in [-0.39, 0.29) is 0 Å². The van der Waals surface area contributed by atoms with Crippen LogP contribution in [-0.2, 0) is 19.3 Å². The summed E-state index contributed by atoms with van der Waals surface area (Å²) in [7, 11) is 0. The molecule has 21 heavy (non-hydrogen) atoms. The van der Waals surface area contributed by atoms with Crippen LogP contribution >= 0.6 is 0 Å². The van der Waals surface area contributed by atoms with Crippen molar-refractivity contribution in [1.82, 2.24) is 4.98 Å². The van der Waals surface area contributed by atoms with E-state index >= 15 is 0 Å². The highest BCUT2D eigenvalue weighted by Crippen LogP contribution is 2.41. The summed E-state index contributed by atoms with van der Waals surface area (Å²) >= 11 is 0. The molecule has 110 valence electrons. The molecule has 1 aromatic carbocycles. The molecule has 1 heteroatoms. The van der Waals surface area contributed by atoms with Gasteiger partial charge in [-0.2, -0.15) is 0 Å². The Labute approximate surface area is 128 Å². The molecular weight excluding hydrogens is 254 g/mol. The largest absolute Gasteiger partial charge is 0.252 e. The number of allylic oxidation sites excluding steroid dienone is 2. The van der Waals surface area contributed by atoms with Gasteiger partial charge in [0.1, 0.15) is 0 Å². The van der Waals surface area contributed by atoms with Crippen LogP contribution in [0.5, 0.6) is 0 Å². The molecule has 0 fully saturated rings. The Morgan fingerprint density at radius 3 is 2.38 bits per heavy atom. The number of aryl methyl sites for hydroxylation is 2. The van der Waals surface area contributed by atoms with Crippen LogP contribution in [-0.4, -0.2) is 4.98 Å². The standard InChI is InChI=1S/C20H25N/c1-5-13-9-10-19-16(11-13)17-12-14(6-2)15(7-3)20(17)18(8-4)21-19/h9-11H,5-8,12H2,1-4H3. The quantitative estimate of drug-likeness (QED) is 0.721. The van der Waals surface area contributed by atoms with Crippen LogP contribution in [0.3, 0.4) is 0 Å². The first-order chi connectivity index (χ1) is 10.2. The molecule has 0 radical (unpaired) electrons. The summed E-state index contributed by atoms with van der Waals surface area (Å²) in [6.07, 6.45) is 5.54. The summed E-state index contributed by atoms with van der Waals surface area (Å²) in [6, 6.07) is 6.81. The highest BCUT2D eigenvalue weighted by molar-refractivity contribution is 5.92. The molecule has 0 atom stereocenters. The van der Waals surface area contributed by atoms with E-state index in [2.05, 4.69) is 45.9 Å². The molecule has 0 amide bonds. The molecule has 0 saturated heterocycles. The number of pyridine rings is 1. The lowest BCUT2D eigenvalue weighted by molar-refractivity contribution is 1.02. The summed E-state index contributed by atoms with van der Waals surface area (Å²) in [6.45, 7) is 9.02. The fourth-order valence-electron chi connectivity index (χ4n) is 3.71. The molecule has 1 aliphatic rings. The van der Waals surface area contributed by atoms with Crippen LogP contribution in [0.4, 0.5) is 0 Å². The maximum atomic E-state index is 4.97. The van der Waals surface area contributed by atoms with Gasteiger partial charge in [-0.05, 0) is 60.9 Å². The van der Waals surface area contributed by atoms with Crippen molar-refractivity contribution >= 4 is 16.5 Å². The predicted molar refractivity (Wildman–Crippen MR) is 91.7 cm³/mol. The Kier molecular flexibility index (Phi) is 3.84. The van der Waals surface area contributed by atoms with Gasteiger partial charge >= 0.3 is 0 Å². The van der Waals surface area contributed by atoms with Crippen LogP contribution in [0.25, 0.3) is 16.5 Å². The summed E-state index contributed by atoms with van der Waals surface area (Å²) in [5.41, 5.74) is 10.1. The minimum atomic E-state index is 1.02. The summed E-state index contributed by atoms with van der Waals surface area (Å²) < 4.78 is 0. The van der Waals surface area contributed by atoms with Gasteiger partial charge in [0, 0.05) is 16.6 Å². The van der Waals surface area contributed by atoms with E-state index in [0.717, 1.165) is 32.1 Å². The molecule has 0 spiro atoms. The Morgan fingerprint density at radius 1 is 0.952 bits per heavy atom. The number of rotatable bonds is 4. The van der Waals surface area contributed by atoms with E-state index < -0.39 is 0 Å². The average molecular weight is 279 g/mol. The highest BCUT2D eigenvalue weighted by Gasteiger charge is 2.25. The molecule has 1 heterocycles. The molecule has 0 bridgehead atoms. The lowest BCUT2D eigenvalue weighted by atomic mass is 9.95. The van der Waals surface area contributed by atoms with Crippen LogP contribution in [0.1, 0.15) is 62.9 Å². The van der Waals surface area contributed by atoms with Gasteiger partial charge in [-0.15, -0.1) is 0 Å². The summed E-state index contributed by atoms with van der Waals surface area (Å²) in [4.78, 5) is 4.97. The van der Waals surface area contributed by atoms with E-state index in [1.165, 1.54) is 27.7 Å². The molecule has 0 saturated carbocycles. The Bertz CT molecular complexity index is 722. The van der Waals surface area contributed by atoms with Crippen LogP contribution in [0.15, 0.2) is 23.8 Å². The second-order valence-electron chi connectivity index (χ2n) is 5.94. The van der Waals surface area contributed by atoms with E-state index in [4.69, 9.17) is 4.98 Å². The van der Waals surface area contributed by atoms with Gasteiger partial charge in [-0.25, -0.2) is 0 Å². The SMILES string of the molecule is CCC1=C(CC)c2c(CC)nc3ccc(CC)cc3c2C1. The zero-order chi connectivity index (χ0) is 15.0. The van der Waals surface area contributed by atoms with Crippen LogP contribution in [0.2, 0.25) is 0 Å². The number of hydrogen-bond donors (Lipinski definition) is 0. The molecule has 2 aromatic rings. The van der Waals surface area contributed by atoms with Crippen molar-refractivity contribution in [3.8, 4) is 0 Å². The third-order valence-electron chi connectivity index (χ3n) is 4.87. The summed E-state index contributed by atoms with van der Waals surface area (Å²) in [5, 5.41) is 1.39. The minimum absolute atomic E-state index is 1.02. The fourth-order valence-corrected chi connectivity index (χ4v) is 3.71. The van der Waals surface area contributed by atoms with Crippen molar-refractivity contribution in [1.29, 1.82) is 0 Å². The maximum absolute atomic E-state index is 4.97. The van der Waals surface area contributed by atoms with Crippen LogP contribution in [0, 0.1) is 0 Å². The Morgan fingerprint density at radius 2 is 1.76 bits per heavy atom. The number of aromatic nitrogens is 1. The minimum Gasteiger partial charge on any atom is -0.252 e. The van der Waals surface area contributed by atoms with Gasteiger partial charge in [0.25, 0.3) is 0 Å². The predicted octanol–water partition coefficient (Wildman–Crippen LogP) is 5.49. The number of benzene rings is 1. The fraction of sp³-hybridized carbons (Fsp3) is 0.450. The summed E-state index contributed by atoms with van der Waals surface area (Å²) in [5.74, 6) is 0. The molecule has 1 aromatic heterocycles. The zero-order valence-corrected chi connectivity index (χ0v) is 13.7. The van der Waals surface area contributed by atoms with Crippen molar-refractivity contribution in [2.75, 3.05) is 0 Å². The molecule has 3 rings (SSSR count). The van der Waals surface area contributed by atoms with Crippen molar-refractivity contribution in [3.05, 3.63) is 46.2 Å². The van der Waals surface area contributed by atoms with Crippen molar-refractivity contribution in [2.45, 2.75) is 59.8 Å². The van der Waals surface area contributed by atoms with E-state index in [0.29, 0.717) is 0 Å². The topological polar surface area (TPSA) is 12.9 Å². The normalized spacial score (nSPS) is 14.1. The van der Waals surface area contributed by atoms with Gasteiger partial charge in [0.2, 0.25) is 0 Å². The molecule has 1 aliphatic carbocycles. The third kappa shape index (κ3) is 2.19. The second kappa shape index (κ2) is 5.63. The smallest absolute Gasteiger partial charge is 0.0708 e. The van der Waals surface area contributed by atoms with E-state index in [1.807, 2.05) is 0 Å². The first-order valence-electron chi connectivity index (χ1n) is 8.38. The third-order valence-corrected chi connectivity index (χ3v) is 4.87. The van der Waals surface area contributed by atoms with E-state index in [9.17, 15) is 0 Å². The number of nitrogens with zero attached hydrogens (tertiary/aromatic N) is 1. The average Bonchev–Trinajstić information content (AvgIpc) is 2.92.